The second kappa shape index (κ2) is 4.96. The molecule has 0 saturated carbocycles. The molecule has 0 aliphatic heterocycles. The third-order valence-electron chi connectivity index (χ3n) is 3.28. The fourth-order valence-electron chi connectivity index (χ4n) is 2.18. The molecule has 0 radical (unpaired) electrons. The molecule has 2 N–H and O–H groups in total. The lowest BCUT2D eigenvalue weighted by Crippen LogP contribution is -2.01. The van der Waals surface area contributed by atoms with Crippen molar-refractivity contribution >= 4 is 16.9 Å². The van der Waals surface area contributed by atoms with Crippen molar-refractivity contribution < 1.29 is 0 Å². The van der Waals surface area contributed by atoms with E-state index < -0.39 is 0 Å². The highest BCUT2D eigenvalue weighted by atomic mass is 15.1. The lowest BCUT2D eigenvalue weighted by atomic mass is 10.0. The number of hydrogen-bond donors (Lipinski definition) is 1. The number of aryl methyl sites for hydroxylation is 1. The van der Waals surface area contributed by atoms with Crippen molar-refractivity contribution in [1.29, 1.82) is 0 Å². The minimum atomic E-state index is 0.432. The summed E-state index contributed by atoms with van der Waals surface area (Å²) in [4.78, 5) is 8.51. The van der Waals surface area contributed by atoms with Gasteiger partial charge >= 0.3 is 0 Å². The average molecular weight is 246 g/mol. The summed E-state index contributed by atoms with van der Waals surface area (Å²) in [5.41, 5.74) is 8.21. The van der Waals surface area contributed by atoms with Crippen molar-refractivity contribution in [2.24, 2.45) is 5.92 Å². The van der Waals surface area contributed by atoms with E-state index in [4.69, 9.17) is 5.73 Å². The maximum absolute atomic E-state index is 6.00. The van der Waals surface area contributed by atoms with Gasteiger partial charge in [0.1, 0.15) is 17.8 Å². The molecule has 0 unspecified atom stereocenters. The van der Waals surface area contributed by atoms with E-state index in [2.05, 4.69) is 48.4 Å². The summed E-state index contributed by atoms with van der Waals surface area (Å²) >= 11 is 0. The molecular formula is C14H22N4. The SMILES string of the molecule is CC(C)CCn1cc(C(C)C)c2c(N)ncnc21. The van der Waals surface area contributed by atoms with E-state index in [1.165, 1.54) is 5.56 Å². The van der Waals surface area contributed by atoms with E-state index in [0.717, 1.165) is 24.0 Å². The van der Waals surface area contributed by atoms with Crippen LogP contribution < -0.4 is 5.73 Å². The Hall–Kier alpha value is -1.58. The number of rotatable bonds is 4. The fourth-order valence-corrected chi connectivity index (χ4v) is 2.18. The minimum absolute atomic E-state index is 0.432. The van der Waals surface area contributed by atoms with Crippen LogP contribution in [0.4, 0.5) is 5.82 Å². The smallest absolute Gasteiger partial charge is 0.145 e. The number of hydrogen-bond acceptors (Lipinski definition) is 3. The van der Waals surface area contributed by atoms with Crippen LogP contribution in [0.3, 0.4) is 0 Å². The van der Waals surface area contributed by atoms with Gasteiger partial charge in [-0.25, -0.2) is 9.97 Å². The molecule has 98 valence electrons. The predicted octanol–water partition coefficient (Wildman–Crippen LogP) is 3.18. The third kappa shape index (κ3) is 2.33. The third-order valence-corrected chi connectivity index (χ3v) is 3.28. The van der Waals surface area contributed by atoms with Crippen molar-refractivity contribution in [2.45, 2.75) is 46.6 Å². The average Bonchev–Trinajstić information content (AvgIpc) is 2.67. The molecule has 0 saturated heterocycles. The Morgan fingerprint density at radius 3 is 2.56 bits per heavy atom. The van der Waals surface area contributed by atoms with Crippen molar-refractivity contribution in [1.82, 2.24) is 14.5 Å². The highest BCUT2D eigenvalue weighted by Gasteiger charge is 2.15. The molecule has 0 aliphatic rings. The summed E-state index contributed by atoms with van der Waals surface area (Å²) in [6.07, 6.45) is 4.88. The molecular weight excluding hydrogens is 224 g/mol. The number of nitrogens with zero attached hydrogens (tertiary/aromatic N) is 3. The molecule has 2 heterocycles. The molecule has 2 aromatic rings. The lowest BCUT2D eigenvalue weighted by Gasteiger charge is -2.06. The zero-order valence-corrected chi connectivity index (χ0v) is 11.6. The monoisotopic (exact) mass is 246 g/mol. The van der Waals surface area contributed by atoms with Gasteiger partial charge in [0.2, 0.25) is 0 Å². The highest BCUT2D eigenvalue weighted by molar-refractivity contribution is 5.90. The van der Waals surface area contributed by atoms with Gasteiger partial charge in [0.15, 0.2) is 0 Å². The van der Waals surface area contributed by atoms with Crippen molar-refractivity contribution in [3.05, 3.63) is 18.1 Å². The van der Waals surface area contributed by atoms with Gasteiger partial charge in [-0.15, -0.1) is 0 Å². The van der Waals surface area contributed by atoms with Gasteiger partial charge in [-0.2, -0.15) is 0 Å². The Kier molecular flexibility index (Phi) is 3.55. The van der Waals surface area contributed by atoms with E-state index in [1.807, 2.05) is 0 Å². The molecule has 18 heavy (non-hydrogen) atoms. The van der Waals surface area contributed by atoms with Crippen molar-refractivity contribution in [3.8, 4) is 0 Å². The van der Waals surface area contributed by atoms with Gasteiger partial charge in [0, 0.05) is 12.7 Å². The summed E-state index contributed by atoms with van der Waals surface area (Å²) in [7, 11) is 0. The fraction of sp³-hybridized carbons (Fsp3) is 0.571. The first-order valence-corrected chi connectivity index (χ1v) is 6.60. The minimum Gasteiger partial charge on any atom is -0.383 e. The molecule has 0 amide bonds. The predicted molar refractivity (Wildman–Crippen MR) is 75.5 cm³/mol. The molecule has 0 atom stereocenters. The molecule has 0 aliphatic carbocycles. The van der Waals surface area contributed by atoms with Crippen LogP contribution in [-0.4, -0.2) is 14.5 Å². The molecule has 4 nitrogen and oxygen atoms in total. The Labute approximate surface area is 108 Å². The number of nitrogen functional groups attached to an aromatic ring is 1. The first kappa shape index (κ1) is 12.9. The van der Waals surface area contributed by atoms with E-state index in [1.54, 1.807) is 6.33 Å². The topological polar surface area (TPSA) is 56.7 Å². The summed E-state index contributed by atoms with van der Waals surface area (Å²) in [6.45, 7) is 9.80. The van der Waals surface area contributed by atoms with Gasteiger partial charge in [-0.1, -0.05) is 27.7 Å². The molecule has 0 bridgehead atoms. The first-order valence-electron chi connectivity index (χ1n) is 6.60. The second-order valence-corrected chi connectivity index (χ2v) is 5.57. The van der Waals surface area contributed by atoms with Crippen LogP contribution in [0.15, 0.2) is 12.5 Å². The van der Waals surface area contributed by atoms with Crippen molar-refractivity contribution in [3.63, 3.8) is 0 Å². The van der Waals surface area contributed by atoms with Crippen LogP contribution in [0.2, 0.25) is 0 Å². The number of nitrogens with two attached hydrogens (primary N) is 1. The van der Waals surface area contributed by atoms with Crippen LogP contribution in [0.25, 0.3) is 11.0 Å². The second-order valence-electron chi connectivity index (χ2n) is 5.57. The highest BCUT2D eigenvalue weighted by Crippen LogP contribution is 2.29. The molecule has 0 aromatic carbocycles. The van der Waals surface area contributed by atoms with Crippen LogP contribution >= 0.6 is 0 Å². The Bertz CT molecular complexity index is 540. The number of fused-ring (bicyclic) bond motifs is 1. The van der Waals surface area contributed by atoms with Gasteiger partial charge in [0.25, 0.3) is 0 Å². The number of aromatic nitrogens is 3. The van der Waals surface area contributed by atoms with Crippen LogP contribution in [-0.2, 0) is 6.54 Å². The van der Waals surface area contributed by atoms with Crippen LogP contribution in [0, 0.1) is 5.92 Å². The Morgan fingerprint density at radius 1 is 1.22 bits per heavy atom. The van der Waals surface area contributed by atoms with E-state index in [-0.39, 0.29) is 0 Å². The van der Waals surface area contributed by atoms with Gasteiger partial charge in [-0.05, 0) is 23.8 Å². The lowest BCUT2D eigenvalue weighted by molar-refractivity contribution is 0.522. The van der Waals surface area contributed by atoms with E-state index in [9.17, 15) is 0 Å². The van der Waals surface area contributed by atoms with Crippen molar-refractivity contribution in [2.75, 3.05) is 5.73 Å². The maximum Gasteiger partial charge on any atom is 0.145 e. The zero-order chi connectivity index (χ0) is 13.3. The largest absolute Gasteiger partial charge is 0.383 e. The molecule has 2 aromatic heterocycles. The normalized spacial score (nSPS) is 11.9. The summed E-state index contributed by atoms with van der Waals surface area (Å²) in [5, 5.41) is 1.02. The Balaban J connectivity index is 2.51. The molecule has 4 heteroatoms. The molecule has 2 rings (SSSR count). The first-order chi connectivity index (χ1) is 8.50. The van der Waals surface area contributed by atoms with Gasteiger partial charge in [0.05, 0.1) is 5.39 Å². The quantitative estimate of drug-likeness (QED) is 0.901. The maximum atomic E-state index is 6.00. The van der Waals surface area contributed by atoms with Crippen LogP contribution in [0.5, 0.6) is 0 Å². The standard InChI is InChI=1S/C14H22N4/c1-9(2)5-6-18-7-11(10(3)4)12-13(15)16-8-17-14(12)18/h7-10H,5-6H2,1-4H3,(H2,15,16,17). The summed E-state index contributed by atoms with van der Waals surface area (Å²) in [5.74, 6) is 1.71. The van der Waals surface area contributed by atoms with Gasteiger partial charge in [-0.3, -0.25) is 0 Å². The van der Waals surface area contributed by atoms with E-state index in [0.29, 0.717) is 17.7 Å². The zero-order valence-electron chi connectivity index (χ0n) is 11.6. The summed E-state index contributed by atoms with van der Waals surface area (Å²) < 4.78 is 2.21. The Morgan fingerprint density at radius 2 is 1.94 bits per heavy atom. The van der Waals surface area contributed by atoms with E-state index >= 15 is 0 Å². The number of anilines is 1. The van der Waals surface area contributed by atoms with Crippen LogP contribution in [0.1, 0.15) is 45.6 Å². The van der Waals surface area contributed by atoms with Gasteiger partial charge < -0.3 is 10.3 Å². The molecule has 0 fully saturated rings. The summed E-state index contributed by atoms with van der Waals surface area (Å²) in [6, 6.07) is 0. The molecule has 0 spiro atoms.